The summed E-state index contributed by atoms with van der Waals surface area (Å²) >= 11 is 6.83. The highest BCUT2D eigenvalue weighted by Gasteiger charge is 2.07. The molecule has 4 aromatic carbocycles. The number of rotatable bonds is 9. The van der Waals surface area contributed by atoms with Crippen molar-refractivity contribution < 1.29 is 14.3 Å². The van der Waals surface area contributed by atoms with Gasteiger partial charge in [0.15, 0.2) is 10.9 Å². The van der Waals surface area contributed by atoms with Crippen molar-refractivity contribution in [2.45, 2.75) is 11.8 Å². The molecule has 1 amide bonds. The summed E-state index contributed by atoms with van der Waals surface area (Å²) in [5.74, 6) is 1.63. The van der Waals surface area contributed by atoms with Crippen molar-refractivity contribution in [3.05, 3.63) is 109 Å². The Labute approximate surface area is 225 Å². The molecule has 0 saturated carbocycles. The van der Waals surface area contributed by atoms with Gasteiger partial charge < -0.3 is 20.7 Å². The van der Waals surface area contributed by atoms with E-state index in [0.717, 1.165) is 22.0 Å². The van der Waals surface area contributed by atoms with Crippen LogP contribution in [-0.2, 0) is 4.79 Å². The van der Waals surface area contributed by atoms with Gasteiger partial charge in [0, 0.05) is 27.5 Å². The van der Waals surface area contributed by atoms with Crippen molar-refractivity contribution in [2.75, 3.05) is 21.7 Å². The Morgan fingerprint density at radius 3 is 2.05 bits per heavy atom. The minimum absolute atomic E-state index is 0.0154. The number of thiocarbonyl (C=S) groups is 1. The predicted molar refractivity (Wildman–Crippen MR) is 155 cm³/mol. The molecule has 4 aromatic rings. The zero-order valence-corrected chi connectivity index (χ0v) is 21.7. The summed E-state index contributed by atoms with van der Waals surface area (Å²) in [6.45, 7) is 1.53. The van der Waals surface area contributed by atoms with Crippen LogP contribution in [0.3, 0.4) is 0 Å². The van der Waals surface area contributed by atoms with E-state index in [1.165, 1.54) is 18.7 Å². The van der Waals surface area contributed by atoms with Crippen molar-refractivity contribution in [1.29, 1.82) is 0 Å². The highest BCUT2D eigenvalue weighted by Crippen LogP contribution is 2.24. The average Bonchev–Trinajstić information content (AvgIpc) is 2.90. The number of amides is 1. The van der Waals surface area contributed by atoms with E-state index in [1.54, 1.807) is 24.3 Å². The molecular formula is C29H25N3O3S2. The smallest absolute Gasteiger partial charge is 0.234 e. The molecule has 8 heteroatoms. The average molecular weight is 528 g/mol. The van der Waals surface area contributed by atoms with Gasteiger partial charge in [0.25, 0.3) is 0 Å². The highest BCUT2D eigenvalue weighted by atomic mass is 32.2. The van der Waals surface area contributed by atoms with E-state index < -0.39 is 0 Å². The summed E-state index contributed by atoms with van der Waals surface area (Å²) in [4.78, 5) is 24.8. The van der Waals surface area contributed by atoms with E-state index in [1.807, 2.05) is 78.9 Å². The zero-order valence-electron chi connectivity index (χ0n) is 20.1. The number of para-hydroxylation sites is 1. The van der Waals surface area contributed by atoms with Crippen molar-refractivity contribution in [1.82, 2.24) is 0 Å². The van der Waals surface area contributed by atoms with Crippen LogP contribution in [0.1, 0.15) is 17.3 Å². The molecule has 0 aliphatic rings. The van der Waals surface area contributed by atoms with Gasteiger partial charge in [-0.15, -0.1) is 11.8 Å². The molecule has 37 heavy (non-hydrogen) atoms. The lowest BCUT2D eigenvalue weighted by Crippen LogP contribution is -2.19. The van der Waals surface area contributed by atoms with Gasteiger partial charge in [-0.1, -0.05) is 24.3 Å². The number of hydrogen-bond donors (Lipinski definition) is 3. The topological polar surface area (TPSA) is 79.5 Å². The third-order valence-corrected chi connectivity index (χ3v) is 6.33. The first-order chi connectivity index (χ1) is 17.9. The molecule has 186 valence electrons. The minimum atomic E-state index is -0.105. The number of Topliss-reactive ketones (excluding diaryl/α,β-unsaturated/α-hetero) is 1. The fourth-order valence-electron chi connectivity index (χ4n) is 3.32. The van der Waals surface area contributed by atoms with Crippen LogP contribution in [0.25, 0.3) is 0 Å². The summed E-state index contributed by atoms with van der Waals surface area (Å²) < 4.78 is 5.78. The van der Waals surface area contributed by atoms with Crippen LogP contribution in [0.5, 0.6) is 11.5 Å². The molecule has 0 saturated heterocycles. The SMILES string of the molecule is CC(=O)c1ccc(NC(=S)Nc2cccc(SCC(=O)Nc3ccc(Oc4ccccc4)cc3)c2)cc1. The first kappa shape index (κ1) is 25.9. The van der Waals surface area contributed by atoms with Gasteiger partial charge in [0.1, 0.15) is 11.5 Å². The Kier molecular flexibility index (Phi) is 8.91. The van der Waals surface area contributed by atoms with Crippen LogP contribution < -0.4 is 20.7 Å². The molecule has 0 aliphatic carbocycles. The number of thioether (sulfide) groups is 1. The van der Waals surface area contributed by atoms with Crippen LogP contribution in [0.2, 0.25) is 0 Å². The van der Waals surface area contributed by atoms with Crippen molar-refractivity contribution in [3.63, 3.8) is 0 Å². The first-order valence-electron chi connectivity index (χ1n) is 11.5. The molecule has 0 bridgehead atoms. The van der Waals surface area contributed by atoms with Crippen LogP contribution in [0.4, 0.5) is 17.1 Å². The largest absolute Gasteiger partial charge is 0.457 e. The number of hydrogen-bond acceptors (Lipinski definition) is 5. The van der Waals surface area contributed by atoms with Gasteiger partial charge >= 0.3 is 0 Å². The Morgan fingerprint density at radius 2 is 1.35 bits per heavy atom. The van der Waals surface area contributed by atoms with Crippen molar-refractivity contribution in [2.24, 2.45) is 0 Å². The molecule has 0 aromatic heterocycles. The van der Waals surface area contributed by atoms with Gasteiger partial charge in [-0.05, 0) is 98.0 Å². The molecule has 0 spiro atoms. The third-order valence-electron chi connectivity index (χ3n) is 5.13. The molecule has 0 aliphatic heterocycles. The van der Waals surface area contributed by atoms with Gasteiger partial charge in [0.05, 0.1) is 5.75 Å². The summed E-state index contributed by atoms with van der Waals surface area (Å²) in [5, 5.41) is 9.58. The molecule has 0 unspecified atom stereocenters. The Balaban J connectivity index is 1.24. The second-order valence-electron chi connectivity index (χ2n) is 8.02. The van der Waals surface area contributed by atoms with Crippen LogP contribution >= 0.6 is 24.0 Å². The monoisotopic (exact) mass is 527 g/mol. The molecular weight excluding hydrogens is 502 g/mol. The van der Waals surface area contributed by atoms with Gasteiger partial charge in [-0.3, -0.25) is 9.59 Å². The van der Waals surface area contributed by atoms with Crippen molar-refractivity contribution >= 4 is 57.8 Å². The maximum atomic E-state index is 12.5. The molecule has 0 fully saturated rings. The predicted octanol–water partition coefficient (Wildman–Crippen LogP) is 7.22. The molecule has 0 radical (unpaired) electrons. The van der Waals surface area contributed by atoms with Crippen LogP contribution in [-0.4, -0.2) is 22.6 Å². The second kappa shape index (κ2) is 12.7. The number of carbonyl (C=O) groups is 2. The normalized spacial score (nSPS) is 10.3. The quantitative estimate of drug-likeness (QED) is 0.120. The van der Waals surface area contributed by atoms with E-state index in [9.17, 15) is 9.59 Å². The Hall–Kier alpha value is -4.14. The fourth-order valence-corrected chi connectivity index (χ4v) is 4.31. The number of ether oxygens (including phenoxy) is 1. The second-order valence-corrected chi connectivity index (χ2v) is 9.47. The lowest BCUT2D eigenvalue weighted by molar-refractivity contribution is -0.113. The number of ketones is 1. The van der Waals surface area contributed by atoms with E-state index in [2.05, 4.69) is 16.0 Å². The third kappa shape index (κ3) is 8.20. The fraction of sp³-hybridized carbons (Fsp3) is 0.0690. The standard InChI is InChI=1S/C29H25N3O3S2/c1-20(33)21-10-12-23(13-11-21)31-29(36)32-24-6-5-9-27(18-24)37-19-28(34)30-22-14-16-26(17-15-22)35-25-7-3-2-4-8-25/h2-18H,19H2,1H3,(H,30,34)(H2,31,32,36). The minimum Gasteiger partial charge on any atom is -0.457 e. The summed E-state index contributed by atoms with van der Waals surface area (Å²) in [7, 11) is 0. The lowest BCUT2D eigenvalue weighted by atomic mass is 10.1. The Bertz CT molecular complexity index is 1380. The van der Waals surface area contributed by atoms with Gasteiger partial charge in [-0.2, -0.15) is 0 Å². The van der Waals surface area contributed by atoms with E-state index in [0.29, 0.717) is 22.1 Å². The molecule has 0 atom stereocenters. The number of carbonyl (C=O) groups excluding carboxylic acids is 2. The summed E-state index contributed by atoms with van der Waals surface area (Å²) in [6, 6.07) is 31.6. The Morgan fingerprint density at radius 1 is 0.730 bits per heavy atom. The molecule has 6 nitrogen and oxygen atoms in total. The highest BCUT2D eigenvalue weighted by molar-refractivity contribution is 8.00. The molecule has 3 N–H and O–H groups in total. The van der Waals surface area contributed by atoms with E-state index in [4.69, 9.17) is 17.0 Å². The number of nitrogens with one attached hydrogen (secondary N) is 3. The van der Waals surface area contributed by atoms with Crippen molar-refractivity contribution in [3.8, 4) is 11.5 Å². The van der Waals surface area contributed by atoms with Gasteiger partial charge in [-0.25, -0.2) is 0 Å². The van der Waals surface area contributed by atoms with E-state index in [-0.39, 0.29) is 17.4 Å². The maximum Gasteiger partial charge on any atom is 0.234 e. The lowest BCUT2D eigenvalue weighted by Gasteiger charge is -2.12. The van der Waals surface area contributed by atoms with Crippen LogP contribution in [0.15, 0.2) is 108 Å². The zero-order chi connectivity index (χ0) is 26.0. The van der Waals surface area contributed by atoms with Gasteiger partial charge in [0.2, 0.25) is 5.91 Å². The van der Waals surface area contributed by atoms with E-state index >= 15 is 0 Å². The molecule has 0 heterocycles. The number of benzene rings is 4. The van der Waals surface area contributed by atoms with Crippen LogP contribution in [0, 0.1) is 0 Å². The first-order valence-corrected chi connectivity index (χ1v) is 12.9. The number of anilines is 3. The maximum absolute atomic E-state index is 12.5. The summed E-state index contributed by atoms with van der Waals surface area (Å²) in [5.41, 5.74) is 2.93. The summed E-state index contributed by atoms with van der Waals surface area (Å²) in [6.07, 6.45) is 0. The molecule has 4 rings (SSSR count).